The van der Waals surface area contributed by atoms with Gasteiger partial charge in [-0.05, 0) is 25.0 Å². The number of anilines is 1. The number of hydrogen-bond acceptors (Lipinski definition) is 3. The van der Waals surface area contributed by atoms with E-state index in [0.29, 0.717) is 0 Å². The van der Waals surface area contributed by atoms with Gasteiger partial charge in [-0.15, -0.1) is 0 Å². The molecule has 0 heterocycles. The Morgan fingerprint density at radius 2 is 2.00 bits per heavy atom. The van der Waals surface area contributed by atoms with Gasteiger partial charge in [0.15, 0.2) is 5.78 Å². The molecule has 0 amide bonds. The highest BCUT2D eigenvalue weighted by Gasteiger charge is 2.21. The topological polar surface area (TPSA) is 29.5 Å². The van der Waals surface area contributed by atoms with E-state index in [0.717, 1.165) is 24.3 Å². The van der Waals surface area contributed by atoms with Gasteiger partial charge >= 0.3 is 0 Å². The molecule has 0 atom stereocenters. The van der Waals surface area contributed by atoms with E-state index in [4.69, 9.17) is 4.74 Å². The lowest BCUT2D eigenvalue weighted by atomic mass is 9.86. The summed E-state index contributed by atoms with van der Waals surface area (Å²) in [6, 6.07) is 7.85. The average Bonchev–Trinajstić information content (AvgIpc) is 2.46. The molecule has 0 saturated heterocycles. The Kier molecular flexibility index (Phi) is 4.83. The van der Waals surface area contributed by atoms with Gasteiger partial charge in [-0.1, -0.05) is 25.3 Å². The van der Waals surface area contributed by atoms with Crippen LogP contribution >= 0.6 is 0 Å². The van der Waals surface area contributed by atoms with Crippen LogP contribution in [0.2, 0.25) is 0 Å². The third-order valence-electron chi connectivity index (χ3n) is 3.78. The van der Waals surface area contributed by atoms with Crippen LogP contribution in [0, 0.1) is 5.92 Å². The molecule has 104 valence electrons. The molecule has 0 aromatic heterocycles. The van der Waals surface area contributed by atoms with Crippen molar-refractivity contribution in [2.24, 2.45) is 5.92 Å². The van der Waals surface area contributed by atoms with Crippen LogP contribution in [-0.4, -0.2) is 26.5 Å². The van der Waals surface area contributed by atoms with E-state index < -0.39 is 0 Å². The van der Waals surface area contributed by atoms with Crippen LogP contribution < -0.4 is 9.64 Å². The van der Waals surface area contributed by atoms with Crippen LogP contribution in [0.1, 0.15) is 32.1 Å². The third-order valence-corrected chi connectivity index (χ3v) is 3.78. The number of carbonyl (C=O) groups excluding carboxylic acids is 1. The smallest absolute Gasteiger partial charge is 0.173 e. The highest BCUT2D eigenvalue weighted by molar-refractivity contribution is 5.82. The Labute approximate surface area is 115 Å². The van der Waals surface area contributed by atoms with Crippen LogP contribution in [-0.2, 0) is 4.79 Å². The number of ketones is 1. The minimum absolute atomic E-state index is 0.210. The van der Waals surface area contributed by atoms with Crippen molar-refractivity contribution in [3.63, 3.8) is 0 Å². The summed E-state index contributed by atoms with van der Waals surface area (Å²) in [7, 11) is 3.98. The molecule has 0 N–H and O–H groups in total. The second-order valence-electron chi connectivity index (χ2n) is 5.48. The van der Waals surface area contributed by atoms with Crippen LogP contribution in [0.5, 0.6) is 5.75 Å². The molecule has 2 rings (SSSR count). The van der Waals surface area contributed by atoms with Crippen LogP contribution in [0.25, 0.3) is 0 Å². The molecule has 1 aliphatic carbocycles. The van der Waals surface area contributed by atoms with Crippen molar-refractivity contribution < 1.29 is 9.53 Å². The molecular formula is C16H23NO2. The summed E-state index contributed by atoms with van der Waals surface area (Å²) >= 11 is 0. The van der Waals surface area contributed by atoms with Gasteiger partial charge in [0, 0.05) is 31.8 Å². The van der Waals surface area contributed by atoms with Crippen molar-refractivity contribution in [2.75, 3.05) is 25.6 Å². The fourth-order valence-corrected chi connectivity index (χ4v) is 2.55. The number of ether oxygens (including phenoxy) is 1. The molecule has 19 heavy (non-hydrogen) atoms. The van der Waals surface area contributed by atoms with Gasteiger partial charge in [0.05, 0.1) is 0 Å². The quantitative estimate of drug-likeness (QED) is 0.814. The van der Waals surface area contributed by atoms with Gasteiger partial charge in [-0.3, -0.25) is 4.79 Å². The van der Waals surface area contributed by atoms with E-state index in [-0.39, 0.29) is 18.3 Å². The maximum absolute atomic E-state index is 12.1. The summed E-state index contributed by atoms with van der Waals surface area (Å²) in [6.45, 7) is 0.210. The number of benzene rings is 1. The maximum Gasteiger partial charge on any atom is 0.173 e. The third kappa shape index (κ3) is 3.98. The summed E-state index contributed by atoms with van der Waals surface area (Å²) in [4.78, 5) is 14.1. The molecule has 0 aliphatic heterocycles. The fraction of sp³-hybridized carbons (Fsp3) is 0.562. The van der Waals surface area contributed by atoms with Gasteiger partial charge in [0.2, 0.25) is 0 Å². The van der Waals surface area contributed by atoms with E-state index in [1.54, 1.807) is 0 Å². The molecule has 0 bridgehead atoms. The summed E-state index contributed by atoms with van der Waals surface area (Å²) in [5, 5.41) is 0. The van der Waals surface area contributed by atoms with E-state index in [9.17, 15) is 4.79 Å². The number of hydrogen-bond donors (Lipinski definition) is 0. The van der Waals surface area contributed by atoms with E-state index in [1.165, 1.54) is 19.3 Å². The number of nitrogens with zero attached hydrogens (tertiary/aromatic N) is 1. The fourth-order valence-electron chi connectivity index (χ4n) is 2.55. The first-order valence-corrected chi connectivity index (χ1v) is 7.10. The van der Waals surface area contributed by atoms with Crippen molar-refractivity contribution in [1.82, 2.24) is 0 Å². The van der Waals surface area contributed by atoms with Crippen LogP contribution in [0.15, 0.2) is 24.3 Å². The second-order valence-corrected chi connectivity index (χ2v) is 5.48. The monoisotopic (exact) mass is 261 g/mol. The lowest BCUT2D eigenvalue weighted by Gasteiger charge is -2.20. The minimum atomic E-state index is 0.210. The molecule has 1 aromatic carbocycles. The van der Waals surface area contributed by atoms with Crippen molar-refractivity contribution >= 4 is 11.5 Å². The Morgan fingerprint density at radius 1 is 1.26 bits per heavy atom. The zero-order chi connectivity index (χ0) is 13.7. The Morgan fingerprint density at radius 3 is 2.68 bits per heavy atom. The van der Waals surface area contributed by atoms with E-state index in [1.807, 2.05) is 43.3 Å². The highest BCUT2D eigenvalue weighted by atomic mass is 16.5. The van der Waals surface area contributed by atoms with E-state index >= 15 is 0 Å². The largest absolute Gasteiger partial charge is 0.486 e. The minimum Gasteiger partial charge on any atom is -0.486 e. The molecule has 1 fully saturated rings. The molecule has 3 nitrogen and oxygen atoms in total. The predicted octanol–water partition coefficient (Wildman–Crippen LogP) is 3.28. The van der Waals surface area contributed by atoms with Crippen LogP contribution in [0.3, 0.4) is 0 Å². The zero-order valence-electron chi connectivity index (χ0n) is 11.9. The Balaban J connectivity index is 1.87. The molecular weight excluding hydrogens is 238 g/mol. The number of Topliss-reactive ketones (excluding diaryl/α,β-unsaturated/α-hetero) is 1. The number of carbonyl (C=O) groups is 1. The number of rotatable bonds is 5. The van der Waals surface area contributed by atoms with Gasteiger partial charge in [-0.25, -0.2) is 0 Å². The lowest BCUT2D eigenvalue weighted by Crippen LogP contribution is -2.23. The molecule has 1 aromatic rings. The Hall–Kier alpha value is -1.51. The first-order valence-electron chi connectivity index (χ1n) is 7.10. The van der Waals surface area contributed by atoms with Crippen molar-refractivity contribution in [1.29, 1.82) is 0 Å². The summed E-state index contributed by atoms with van der Waals surface area (Å²) in [6.07, 6.45) is 5.73. The lowest BCUT2D eigenvalue weighted by molar-refractivity contribution is -0.125. The molecule has 0 radical (unpaired) electrons. The molecule has 3 heteroatoms. The molecule has 0 unspecified atom stereocenters. The van der Waals surface area contributed by atoms with Crippen molar-refractivity contribution in [3.8, 4) is 5.75 Å². The second kappa shape index (κ2) is 6.60. The summed E-state index contributed by atoms with van der Waals surface area (Å²) in [5.41, 5.74) is 1.09. The molecule has 0 spiro atoms. The normalized spacial score (nSPS) is 16.1. The zero-order valence-corrected chi connectivity index (χ0v) is 11.9. The summed E-state index contributed by atoms with van der Waals surface area (Å²) < 4.78 is 5.64. The van der Waals surface area contributed by atoms with E-state index in [2.05, 4.69) is 0 Å². The van der Waals surface area contributed by atoms with Crippen LogP contribution in [0.4, 0.5) is 5.69 Å². The molecule has 1 saturated carbocycles. The standard InChI is InChI=1S/C16H23NO2/c1-17(2)14-9-6-10-15(11-14)19-12-16(18)13-7-4-3-5-8-13/h6,9-11,13H,3-5,7-8,12H2,1-2H3. The van der Waals surface area contributed by atoms with Crippen molar-refractivity contribution in [3.05, 3.63) is 24.3 Å². The summed E-state index contributed by atoms with van der Waals surface area (Å²) in [5.74, 6) is 1.26. The van der Waals surface area contributed by atoms with Gasteiger partial charge in [0.1, 0.15) is 12.4 Å². The van der Waals surface area contributed by atoms with Gasteiger partial charge in [-0.2, -0.15) is 0 Å². The first kappa shape index (κ1) is 13.9. The SMILES string of the molecule is CN(C)c1cccc(OCC(=O)C2CCCCC2)c1. The predicted molar refractivity (Wildman–Crippen MR) is 77.8 cm³/mol. The Bertz CT molecular complexity index is 423. The average molecular weight is 261 g/mol. The highest BCUT2D eigenvalue weighted by Crippen LogP contribution is 2.25. The van der Waals surface area contributed by atoms with Gasteiger partial charge < -0.3 is 9.64 Å². The maximum atomic E-state index is 12.1. The van der Waals surface area contributed by atoms with Gasteiger partial charge in [0.25, 0.3) is 0 Å². The first-order chi connectivity index (χ1) is 9.16. The molecule has 1 aliphatic rings. The van der Waals surface area contributed by atoms with Crippen molar-refractivity contribution in [2.45, 2.75) is 32.1 Å².